The maximum absolute atomic E-state index is 12.1. The van der Waals surface area contributed by atoms with Crippen LogP contribution < -0.4 is 0 Å². The van der Waals surface area contributed by atoms with Gasteiger partial charge >= 0.3 is 0 Å². The monoisotopic (exact) mass is 212 g/mol. The molecule has 1 atom stereocenters. The zero-order valence-corrected chi connectivity index (χ0v) is 9.05. The van der Waals surface area contributed by atoms with Crippen molar-refractivity contribution in [3.8, 4) is 0 Å². The Morgan fingerprint density at radius 3 is 2.94 bits per heavy atom. The molecule has 1 unspecified atom stereocenters. The quantitative estimate of drug-likeness (QED) is 0.713. The molecule has 1 aromatic heterocycles. The molecular weight excluding hydrogens is 200 g/mol. The average Bonchev–Trinajstić information content (AvgIpc) is 2.67. The van der Waals surface area contributed by atoms with Gasteiger partial charge in [0.15, 0.2) is 5.78 Å². The molecule has 3 heteroatoms. The van der Waals surface area contributed by atoms with E-state index in [1.807, 2.05) is 25.2 Å². The first kappa shape index (κ1) is 9.33. The summed E-state index contributed by atoms with van der Waals surface area (Å²) < 4.78 is 1.66. The number of nitrogens with zero attached hydrogens (tertiary/aromatic N) is 2. The van der Waals surface area contributed by atoms with E-state index >= 15 is 0 Å². The molecule has 0 saturated carbocycles. The third kappa shape index (κ3) is 1.28. The molecule has 3 rings (SSSR count). The van der Waals surface area contributed by atoms with E-state index in [4.69, 9.17) is 0 Å². The van der Waals surface area contributed by atoms with E-state index in [0.29, 0.717) is 5.56 Å². The second-order valence-electron chi connectivity index (χ2n) is 4.22. The number of hydrogen-bond donors (Lipinski definition) is 0. The highest BCUT2D eigenvalue weighted by Crippen LogP contribution is 2.36. The van der Waals surface area contributed by atoms with Crippen LogP contribution in [0.4, 0.5) is 0 Å². The highest BCUT2D eigenvalue weighted by atomic mass is 16.1. The minimum absolute atomic E-state index is 0.0420. The van der Waals surface area contributed by atoms with Gasteiger partial charge in [-0.25, -0.2) is 0 Å². The first-order valence-electron chi connectivity index (χ1n) is 5.36. The third-order valence-electron chi connectivity index (χ3n) is 3.16. The Balaban J connectivity index is 1.90. The summed E-state index contributed by atoms with van der Waals surface area (Å²) in [5.41, 5.74) is 3.18. The second kappa shape index (κ2) is 3.30. The molecule has 0 fully saturated rings. The maximum atomic E-state index is 12.1. The summed E-state index contributed by atoms with van der Waals surface area (Å²) in [6.07, 6.45) is 4.29. The summed E-state index contributed by atoms with van der Waals surface area (Å²) >= 11 is 0. The molecule has 0 spiro atoms. The van der Waals surface area contributed by atoms with Crippen LogP contribution in [0.5, 0.6) is 0 Å². The fraction of sp³-hybridized carbons (Fsp3) is 0.231. The molecule has 0 bridgehead atoms. The van der Waals surface area contributed by atoms with Gasteiger partial charge in [0.1, 0.15) is 0 Å². The molecule has 1 aromatic carbocycles. The number of Topliss-reactive ketones (excluding diaryl/α,β-unsaturated/α-hetero) is 1. The molecule has 1 aliphatic rings. The van der Waals surface area contributed by atoms with Crippen LogP contribution in [0.25, 0.3) is 0 Å². The van der Waals surface area contributed by atoms with Gasteiger partial charge in [-0.2, -0.15) is 5.10 Å². The predicted octanol–water partition coefficient (Wildman–Crippen LogP) is 1.94. The first-order chi connectivity index (χ1) is 7.75. The molecule has 1 heterocycles. The van der Waals surface area contributed by atoms with E-state index < -0.39 is 0 Å². The van der Waals surface area contributed by atoms with Gasteiger partial charge in [0.2, 0.25) is 0 Å². The summed E-state index contributed by atoms with van der Waals surface area (Å²) in [4.78, 5) is 12.1. The Morgan fingerprint density at radius 1 is 1.44 bits per heavy atom. The number of fused-ring (bicyclic) bond motifs is 1. The van der Waals surface area contributed by atoms with Crippen molar-refractivity contribution in [2.75, 3.05) is 0 Å². The predicted molar refractivity (Wildman–Crippen MR) is 60.4 cm³/mol. The summed E-state index contributed by atoms with van der Waals surface area (Å²) in [5, 5.41) is 4.03. The smallest absolute Gasteiger partial charge is 0.173 e. The molecule has 1 aliphatic carbocycles. The van der Waals surface area contributed by atoms with E-state index in [1.165, 1.54) is 11.1 Å². The van der Waals surface area contributed by atoms with Gasteiger partial charge in [0.25, 0.3) is 0 Å². The van der Waals surface area contributed by atoms with Crippen molar-refractivity contribution in [1.29, 1.82) is 0 Å². The zero-order valence-electron chi connectivity index (χ0n) is 9.05. The largest absolute Gasteiger partial charge is 0.293 e. The van der Waals surface area contributed by atoms with Crippen LogP contribution in [0.15, 0.2) is 36.7 Å². The van der Waals surface area contributed by atoms with Gasteiger partial charge in [0, 0.05) is 13.2 Å². The van der Waals surface area contributed by atoms with Crippen molar-refractivity contribution in [2.24, 2.45) is 7.05 Å². The normalized spacial score (nSPS) is 17.7. The van der Waals surface area contributed by atoms with Crippen molar-refractivity contribution in [1.82, 2.24) is 9.78 Å². The minimum Gasteiger partial charge on any atom is -0.293 e. The van der Waals surface area contributed by atoms with Crippen LogP contribution >= 0.6 is 0 Å². The highest BCUT2D eigenvalue weighted by molar-refractivity contribution is 6.02. The Hall–Kier alpha value is -1.90. The second-order valence-corrected chi connectivity index (χ2v) is 4.22. The number of aryl methyl sites for hydroxylation is 1. The van der Waals surface area contributed by atoms with Crippen LogP contribution in [-0.2, 0) is 13.5 Å². The van der Waals surface area contributed by atoms with Gasteiger partial charge in [0.05, 0.1) is 17.7 Å². The first-order valence-corrected chi connectivity index (χ1v) is 5.36. The molecular formula is C13H12N2O. The third-order valence-corrected chi connectivity index (χ3v) is 3.16. The van der Waals surface area contributed by atoms with Crippen molar-refractivity contribution in [3.63, 3.8) is 0 Å². The number of rotatable bonds is 2. The lowest BCUT2D eigenvalue weighted by atomic mass is 9.74. The van der Waals surface area contributed by atoms with Gasteiger partial charge in [-0.05, 0) is 17.5 Å². The molecule has 0 amide bonds. The van der Waals surface area contributed by atoms with Gasteiger partial charge in [-0.15, -0.1) is 0 Å². The number of carbonyl (C=O) groups is 1. The van der Waals surface area contributed by atoms with Crippen molar-refractivity contribution in [2.45, 2.75) is 12.3 Å². The summed E-state index contributed by atoms with van der Waals surface area (Å²) in [5.74, 6) is 0.229. The molecule has 16 heavy (non-hydrogen) atoms. The van der Waals surface area contributed by atoms with E-state index in [2.05, 4.69) is 11.2 Å². The average molecular weight is 212 g/mol. The maximum Gasteiger partial charge on any atom is 0.173 e. The molecule has 2 aromatic rings. The van der Waals surface area contributed by atoms with Crippen LogP contribution in [0.1, 0.15) is 27.4 Å². The fourth-order valence-corrected chi connectivity index (χ4v) is 2.24. The lowest BCUT2D eigenvalue weighted by Gasteiger charge is -2.28. The molecule has 80 valence electrons. The number of ketones is 1. The zero-order chi connectivity index (χ0) is 11.1. The SMILES string of the molecule is Cn1cc(C(=O)C2Cc3ccccc32)cn1. The number of benzene rings is 1. The van der Waals surface area contributed by atoms with Crippen molar-refractivity contribution in [3.05, 3.63) is 53.3 Å². The van der Waals surface area contributed by atoms with E-state index in [1.54, 1.807) is 17.1 Å². The van der Waals surface area contributed by atoms with E-state index in [-0.39, 0.29) is 11.7 Å². The Labute approximate surface area is 93.7 Å². The van der Waals surface area contributed by atoms with Gasteiger partial charge < -0.3 is 0 Å². The van der Waals surface area contributed by atoms with Crippen LogP contribution in [0, 0.1) is 0 Å². The van der Waals surface area contributed by atoms with Crippen molar-refractivity contribution < 1.29 is 4.79 Å². The fourth-order valence-electron chi connectivity index (χ4n) is 2.24. The highest BCUT2D eigenvalue weighted by Gasteiger charge is 2.32. The Morgan fingerprint density at radius 2 is 2.25 bits per heavy atom. The molecule has 0 N–H and O–H groups in total. The topological polar surface area (TPSA) is 34.9 Å². The van der Waals surface area contributed by atoms with Crippen LogP contribution in [0.2, 0.25) is 0 Å². The number of hydrogen-bond acceptors (Lipinski definition) is 2. The minimum atomic E-state index is 0.0420. The van der Waals surface area contributed by atoms with Gasteiger partial charge in [-0.3, -0.25) is 9.48 Å². The number of aromatic nitrogens is 2. The summed E-state index contributed by atoms with van der Waals surface area (Å²) in [6.45, 7) is 0. The van der Waals surface area contributed by atoms with E-state index in [9.17, 15) is 4.79 Å². The molecule has 0 saturated heterocycles. The van der Waals surface area contributed by atoms with Crippen molar-refractivity contribution >= 4 is 5.78 Å². The lowest BCUT2D eigenvalue weighted by molar-refractivity contribution is 0.0949. The number of carbonyl (C=O) groups excluding carboxylic acids is 1. The molecule has 0 radical (unpaired) electrons. The Bertz CT molecular complexity index is 557. The van der Waals surface area contributed by atoms with E-state index in [0.717, 1.165) is 6.42 Å². The standard InChI is InChI=1S/C13H12N2O/c1-15-8-10(7-14-15)13(16)12-6-9-4-2-3-5-11(9)12/h2-5,7-8,12H,6H2,1H3. The van der Waals surface area contributed by atoms with Crippen LogP contribution in [0.3, 0.4) is 0 Å². The molecule has 0 aliphatic heterocycles. The van der Waals surface area contributed by atoms with Gasteiger partial charge in [-0.1, -0.05) is 24.3 Å². The summed E-state index contributed by atoms with van der Waals surface area (Å²) in [7, 11) is 1.82. The lowest BCUT2D eigenvalue weighted by Crippen LogP contribution is -2.24. The Kier molecular flexibility index (Phi) is 1.93. The summed E-state index contributed by atoms with van der Waals surface area (Å²) in [6, 6.07) is 8.13. The van der Waals surface area contributed by atoms with Crippen LogP contribution in [-0.4, -0.2) is 15.6 Å². The molecule has 3 nitrogen and oxygen atoms in total.